The summed E-state index contributed by atoms with van der Waals surface area (Å²) in [5.41, 5.74) is 1.83. The van der Waals surface area contributed by atoms with E-state index in [1.807, 2.05) is 24.3 Å². The van der Waals surface area contributed by atoms with Crippen molar-refractivity contribution in [3.8, 4) is 0 Å². The van der Waals surface area contributed by atoms with Crippen molar-refractivity contribution >= 4 is 28.3 Å². The summed E-state index contributed by atoms with van der Waals surface area (Å²) in [4.78, 5) is 29.1. The molecule has 0 spiro atoms. The Bertz CT molecular complexity index is 1170. The fourth-order valence-corrected chi connectivity index (χ4v) is 4.62. The molecule has 1 saturated carbocycles. The third-order valence-corrected chi connectivity index (χ3v) is 6.69. The molecule has 1 saturated heterocycles. The number of amides is 2. The van der Waals surface area contributed by atoms with Crippen LogP contribution in [0.15, 0.2) is 54.9 Å². The van der Waals surface area contributed by atoms with Crippen molar-refractivity contribution in [2.45, 2.75) is 25.2 Å². The Morgan fingerprint density at radius 2 is 1.97 bits per heavy atom. The van der Waals surface area contributed by atoms with Gasteiger partial charge in [-0.3, -0.25) is 14.6 Å². The molecule has 2 amide bonds. The van der Waals surface area contributed by atoms with Crippen molar-refractivity contribution in [3.05, 3.63) is 71.8 Å². The molecule has 2 aliphatic rings. The number of halogens is 1. The van der Waals surface area contributed by atoms with Gasteiger partial charge in [-0.1, -0.05) is 18.2 Å². The minimum Gasteiger partial charge on any atom is -0.352 e. The highest BCUT2D eigenvalue weighted by molar-refractivity contribution is 5.98. The number of hydrogen-bond acceptors (Lipinski definition) is 4. The lowest BCUT2D eigenvalue weighted by molar-refractivity contribution is -0.117. The number of nitrogens with one attached hydrogen (secondary N) is 3. The predicted molar refractivity (Wildman–Crippen MR) is 126 cm³/mol. The van der Waals surface area contributed by atoms with Gasteiger partial charge in [-0.15, -0.1) is 0 Å². The number of aromatic nitrogens is 1. The Labute approximate surface area is 192 Å². The van der Waals surface area contributed by atoms with E-state index < -0.39 is 5.82 Å². The average molecular weight is 447 g/mol. The van der Waals surface area contributed by atoms with E-state index in [0.29, 0.717) is 35.2 Å². The molecular weight excluding hydrogens is 419 g/mol. The van der Waals surface area contributed by atoms with Gasteiger partial charge < -0.3 is 16.0 Å². The van der Waals surface area contributed by atoms with Crippen molar-refractivity contribution in [2.75, 3.05) is 25.0 Å². The molecule has 3 atom stereocenters. The number of fused-ring (bicyclic) bond motifs is 1. The number of carbonyl (C=O) groups is 2. The van der Waals surface area contributed by atoms with Gasteiger partial charge in [0.2, 0.25) is 5.91 Å². The molecule has 3 aromatic rings. The molecule has 7 heteroatoms. The Morgan fingerprint density at radius 3 is 2.76 bits per heavy atom. The number of pyridine rings is 1. The SMILES string of the molecule is O=C(NC[C@@H]1CCCNC1)c1ccc(C2C[C@H]2C(=O)Nc2ccc3cnccc3c2F)cc1. The maximum absolute atomic E-state index is 14.8. The molecule has 3 N–H and O–H groups in total. The molecule has 1 aliphatic carbocycles. The molecule has 0 radical (unpaired) electrons. The zero-order chi connectivity index (χ0) is 22.8. The fourth-order valence-electron chi connectivity index (χ4n) is 4.62. The van der Waals surface area contributed by atoms with Crippen LogP contribution >= 0.6 is 0 Å². The fraction of sp³-hybridized carbons (Fsp3) is 0.346. The van der Waals surface area contributed by atoms with E-state index in [-0.39, 0.29) is 29.3 Å². The quantitative estimate of drug-likeness (QED) is 0.537. The van der Waals surface area contributed by atoms with Crippen molar-refractivity contribution in [1.29, 1.82) is 0 Å². The van der Waals surface area contributed by atoms with Crippen LogP contribution < -0.4 is 16.0 Å². The number of rotatable bonds is 6. The summed E-state index contributed by atoms with van der Waals surface area (Å²) in [6.07, 6.45) is 6.13. The highest BCUT2D eigenvalue weighted by atomic mass is 19.1. The second-order valence-electron chi connectivity index (χ2n) is 9.01. The second kappa shape index (κ2) is 9.27. The highest BCUT2D eigenvalue weighted by Gasteiger charge is 2.44. The lowest BCUT2D eigenvalue weighted by atomic mass is 9.99. The molecule has 33 heavy (non-hydrogen) atoms. The van der Waals surface area contributed by atoms with Gasteiger partial charge in [0.1, 0.15) is 0 Å². The standard InChI is InChI=1S/C26H27FN4O2/c27-24-20-9-11-29-15-19(20)7-8-23(24)31-26(33)22-12-21(22)17-3-5-18(6-4-17)25(32)30-14-16-2-1-10-28-13-16/h3-9,11,15-16,21-22,28H,1-2,10,12-14H2,(H,30,32)(H,31,33)/t16-,21?,22-/m1/s1. The van der Waals surface area contributed by atoms with Crippen LogP contribution in [0.2, 0.25) is 0 Å². The van der Waals surface area contributed by atoms with Crippen LogP contribution in [-0.4, -0.2) is 36.4 Å². The molecule has 5 rings (SSSR count). The van der Waals surface area contributed by atoms with Crippen LogP contribution in [0.5, 0.6) is 0 Å². The number of anilines is 1. The molecule has 1 aromatic heterocycles. The lowest BCUT2D eigenvalue weighted by Gasteiger charge is -2.22. The minimum atomic E-state index is -0.445. The molecule has 2 heterocycles. The van der Waals surface area contributed by atoms with E-state index >= 15 is 0 Å². The van der Waals surface area contributed by atoms with Crippen LogP contribution in [0, 0.1) is 17.7 Å². The highest BCUT2D eigenvalue weighted by Crippen LogP contribution is 2.48. The van der Waals surface area contributed by atoms with Crippen LogP contribution in [0.1, 0.15) is 41.1 Å². The molecule has 1 aliphatic heterocycles. The number of benzene rings is 2. The van der Waals surface area contributed by atoms with Crippen molar-refractivity contribution < 1.29 is 14.0 Å². The van der Waals surface area contributed by atoms with Crippen molar-refractivity contribution in [1.82, 2.24) is 15.6 Å². The summed E-state index contributed by atoms with van der Waals surface area (Å²) >= 11 is 0. The Balaban J connectivity index is 1.17. The van der Waals surface area contributed by atoms with E-state index in [0.717, 1.165) is 31.5 Å². The normalized spacial score (nSPS) is 22.0. The number of hydrogen-bond donors (Lipinski definition) is 3. The van der Waals surface area contributed by atoms with Crippen LogP contribution in [0.4, 0.5) is 10.1 Å². The third-order valence-electron chi connectivity index (χ3n) is 6.69. The largest absolute Gasteiger partial charge is 0.352 e. The van der Waals surface area contributed by atoms with Crippen LogP contribution in [0.3, 0.4) is 0 Å². The summed E-state index contributed by atoms with van der Waals surface area (Å²) in [5.74, 6) is -0.329. The predicted octanol–water partition coefficient (Wildman–Crippen LogP) is 3.85. The van der Waals surface area contributed by atoms with Gasteiger partial charge in [0, 0.05) is 41.2 Å². The molecule has 2 fully saturated rings. The first-order valence-electron chi connectivity index (χ1n) is 11.5. The molecule has 2 aromatic carbocycles. The second-order valence-corrected chi connectivity index (χ2v) is 9.01. The van der Waals surface area contributed by atoms with E-state index in [1.165, 1.54) is 6.20 Å². The number of carbonyl (C=O) groups excluding carboxylic acids is 2. The molecule has 0 bridgehead atoms. The van der Waals surface area contributed by atoms with E-state index in [1.54, 1.807) is 24.4 Å². The maximum Gasteiger partial charge on any atom is 0.251 e. The van der Waals surface area contributed by atoms with Gasteiger partial charge in [0.25, 0.3) is 5.91 Å². The smallest absolute Gasteiger partial charge is 0.251 e. The lowest BCUT2D eigenvalue weighted by Crippen LogP contribution is -2.38. The Hall–Kier alpha value is -3.32. The van der Waals surface area contributed by atoms with E-state index in [4.69, 9.17) is 0 Å². The number of nitrogens with zero attached hydrogens (tertiary/aromatic N) is 1. The van der Waals surface area contributed by atoms with E-state index in [2.05, 4.69) is 20.9 Å². The molecule has 6 nitrogen and oxygen atoms in total. The summed E-state index contributed by atoms with van der Waals surface area (Å²) in [6.45, 7) is 2.69. The van der Waals surface area contributed by atoms with Gasteiger partial charge in [-0.05, 0) is 74.0 Å². The zero-order valence-electron chi connectivity index (χ0n) is 18.3. The minimum absolute atomic E-state index is 0.0702. The monoisotopic (exact) mass is 446 g/mol. The van der Waals surface area contributed by atoms with Crippen LogP contribution in [-0.2, 0) is 4.79 Å². The number of piperidine rings is 1. The summed E-state index contributed by atoms with van der Waals surface area (Å²) in [5, 5.41) is 10.2. The molecular formula is C26H27FN4O2. The van der Waals surface area contributed by atoms with Crippen molar-refractivity contribution in [2.24, 2.45) is 11.8 Å². The first-order valence-corrected chi connectivity index (χ1v) is 11.5. The molecule has 170 valence electrons. The maximum atomic E-state index is 14.8. The van der Waals surface area contributed by atoms with Gasteiger partial charge in [0.15, 0.2) is 5.82 Å². The van der Waals surface area contributed by atoms with Gasteiger partial charge in [0.05, 0.1) is 5.69 Å². The van der Waals surface area contributed by atoms with Gasteiger partial charge in [-0.2, -0.15) is 0 Å². The summed E-state index contributed by atoms with van der Waals surface area (Å²) in [7, 11) is 0. The molecule has 1 unspecified atom stereocenters. The average Bonchev–Trinajstić information content (AvgIpc) is 3.66. The first kappa shape index (κ1) is 21.5. The third kappa shape index (κ3) is 4.73. The van der Waals surface area contributed by atoms with E-state index in [9.17, 15) is 14.0 Å². The van der Waals surface area contributed by atoms with Crippen molar-refractivity contribution in [3.63, 3.8) is 0 Å². The van der Waals surface area contributed by atoms with Gasteiger partial charge in [-0.25, -0.2) is 4.39 Å². The Kier molecular flexibility index (Phi) is 6.05. The first-order chi connectivity index (χ1) is 16.1. The topological polar surface area (TPSA) is 83.1 Å². The zero-order valence-corrected chi connectivity index (χ0v) is 18.3. The summed E-state index contributed by atoms with van der Waals surface area (Å²) in [6, 6.07) is 12.4. The van der Waals surface area contributed by atoms with Crippen LogP contribution in [0.25, 0.3) is 10.8 Å². The van der Waals surface area contributed by atoms with Gasteiger partial charge >= 0.3 is 0 Å². The summed E-state index contributed by atoms with van der Waals surface area (Å²) < 4.78 is 14.8. The Morgan fingerprint density at radius 1 is 1.12 bits per heavy atom.